The van der Waals surface area contributed by atoms with Crippen LogP contribution in [0.15, 0.2) is 77.7 Å². The molecule has 0 spiro atoms. The highest BCUT2D eigenvalue weighted by Crippen LogP contribution is 2.29. The van der Waals surface area contributed by atoms with Crippen LogP contribution >= 0.6 is 0 Å². The van der Waals surface area contributed by atoms with Crippen LogP contribution < -0.4 is 14.4 Å². The van der Waals surface area contributed by atoms with Crippen LogP contribution in [0.5, 0.6) is 5.75 Å². The smallest absolute Gasteiger partial charge is 0.264 e. The summed E-state index contributed by atoms with van der Waals surface area (Å²) in [7, 11) is -2.52. The third-order valence-electron chi connectivity index (χ3n) is 8.30. The van der Waals surface area contributed by atoms with E-state index >= 15 is 0 Å². The molecule has 1 aliphatic rings. The Hall–Kier alpha value is -3.85. The van der Waals surface area contributed by atoms with E-state index in [1.165, 1.54) is 21.3 Å². The SMILES string of the molecule is CCC(C(=O)NC1CCCCC1)N(Cc1ccc(OC)cc1)C(=O)CN(c1cccc(C)c1C)S(=O)(=O)c1ccccc1. The number of sulfonamides is 1. The number of aryl methyl sites for hydroxylation is 1. The van der Waals surface area contributed by atoms with Crippen LogP contribution in [0.3, 0.4) is 0 Å². The van der Waals surface area contributed by atoms with Gasteiger partial charge in [-0.25, -0.2) is 8.42 Å². The molecule has 0 heterocycles. The molecule has 43 heavy (non-hydrogen) atoms. The summed E-state index contributed by atoms with van der Waals surface area (Å²) in [5, 5.41) is 3.18. The van der Waals surface area contributed by atoms with Gasteiger partial charge in [0.2, 0.25) is 11.8 Å². The van der Waals surface area contributed by atoms with Crippen molar-refractivity contribution in [2.24, 2.45) is 0 Å². The van der Waals surface area contributed by atoms with E-state index in [9.17, 15) is 18.0 Å². The maximum absolute atomic E-state index is 14.3. The molecular weight excluding hydrogens is 562 g/mol. The van der Waals surface area contributed by atoms with Crippen molar-refractivity contribution < 1.29 is 22.7 Å². The summed E-state index contributed by atoms with van der Waals surface area (Å²) in [5.74, 6) is 0.0149. The average Bonchev–Trinajstić information content (AvgIpc) is 3.02. The Kier molecular flexibility index (Phi) is 10.9. The van der Waals surface area contributed by atoms with E-state index < -0.39 is 28.5 Å². The maximum Gasteiger partial charge on any atom is 0.264 e. The molecule has 4 rings (SSSR count). The molecule has 1 aliphatic carbocycles. The van der Waals surface area contributed by atoms with E-state index in [0.717, 1.165) is 48.8 Å². The van der Waals surface area contributed by atoms with Gasteiger partial charge in [0.1, 0.15) is 18.3 Å². The lowest BCUT2D eigenvalue weighted by molar-refractivity contribution is -0.140. The standard InChI is InChI=1S/C34H43N3O5S/c1-5-31(34(39)35-28-14-8-6-9-15-28)36(23-27-19-21-29(42-4)22-20-27)33(38)24-37(32-18-12-13-25(2)26(32)3)43(40,41)30-16-10-7-11-17-30/h7,10-13,16-22,28,31H,5-6,8-9,14-15,23-24H2,1-4H3,(H,35,39). The fraction of sp³-hybridized carbons (Fsp3) is 0.412. The fourth-order valence-electron chi connectivity index (χ4n) is 5.63. The number of amides is 2. The van der Waals surface area contributed by atoms with Gasteiger partial charge in [-0.2, -0.15) is 0 Å². The molecule has 0 bridgehead atoms. The molecule has 1 fully saturated rings. The van der Waals surface area contributed by atoms with Crippen molar-refractivity contribution in [2.45, 2.75) is 82.8 Å². The van der Waals surface area contributed by atoms with Crippen LogP contribution in [-0.2, 0) is 26.2 Å². The fourth-order valence-corrected chi connectivity index (χ4v) is 7.12. The monoisotopic (exact) mass is 605 g/mol. The first-order chi connectivity index (χ1) is 20.6. The lowest BCUT2D eigenvalue weighted by Gasteiger charge is -2.35. The molecule has 1 unspecified atom stereocenters. The number of hydrogen-bond acceptors (Lipinski definition) is 5. The van der Waals surface area contributed by atoms with Gasteiger partial charge >= 0.3 is 0 Å². The summed E-state index contributed by atoms with van der Waals surface area (Å²) >= 11 is 0. The molecule has 0 aliphatic heterocycles. The van der Waals surface area contributed by atoms with Gasteiger partial charge in [0.15, 0.2) is 0 Å². The highest BCUT2D eigenvalue weighted by molar-refractivity contribution is 7.92. The number of rotatable bonds is 12. The zero-order chi connectivity index (χ0) is 31.0. The van der Waals surface area contributed by atoms with Crippen LogP contribution in [0.1, 0.15) is 62.1 Å². The van der Waals surface area contributed by atoms with Crippen molar-refractivity contribution in [3.63, 3.8) is 0 Å². The lowest BCUT2D eigenvalue weighted by Crippen LogP contribution is -2.54. The summed E-state index contributed by atoms with van der Waals surface area (Å²) in [5.41, 5.74) is 2.91. The predicted molar refractivity (Wildman–Crippen MR) is 170 cm³/mol. The molecule has 9 heteroatoms. The normalized spacial score (nSPS) is 14.5. The number of hydrogen-bond donors (Lipinski definition) is 1. The summed E-state index contributed by atoms with van der Waals surface area (Å²) in [4.78, 5) is 29.7. The van der Waals surface area contributed by atoms with Crippen molar-refractivity contribution >= 4 is 27.5 Å². The number of ether oxygens (including phenoxy) is 1. The van der Waals surface area contributed by atoms with Gasteiger partial charge in [0, 0.05) is 12.6 Å². The second-order valence-corrected chi connectivity index (χ2v) is 13.0. The van der Waals surface area contributed by atoms with Crippen LogP contribution in [0.4, 0.5) is 5.69 Å². The Morgan fingerprint density at radius 1 is 0.930 bits per heavy atom. The number of benzene rings is 3. The molecule has 1 atom stereocenters. The number of anilines is 1. The van der Waals surface area contributed by atoms with Gasteiger partial charge < -0.3 is 15.0 Å². The average molecular weight is 606 g/mol. The summed E-state index contributed by atoms with van der Waals surface area (Å²) < 4.78 is 34.6. The Balaban J connectivity index is 1.72. The molecule has 2 amide bonds. The Morgan fingerprint density at radius 3 is 2.23 bits per heavy atom. The minimum absolute atomic E-state index is 0.0816. The van der Waals surface area contributed by atoms with Crippen molar-refractivity contribution in [3.8, 4) is 5.75 Å². The largest absolute Gasteiger partial charge is 0.497 e. The first-order valence-corrected chi connectivity index (χ1v) is 16.5. The lowest BCUT2D eigenvalue weighted by atomic mass is 9.95. The van der Waals surface area contributed by atoms with Gasteiger partial charge in [-0.3, -0.25) is 13.9 Å². The quantitative estimate of drug-likeness (QED) is 0.283. The molecule has 8 nitrogen and oxygen atoms in total. The third-order valence-corrected chi connectivity index (χ3v) is 10.1. The second-order valence-electron chi connectivity index (χ2n) is 11.2. The van der Waals surface area contributed by atoms with Gasteiger partial charge in [0.25, 0.3) is 10.0 Å². The molecule has 0 aromatic heterocycles. The second kappa shape index (κ2) is 14.6. The topological polar surface area (TPSA) is 96.0 Å². The van der Waals surface area contributed by atoms with Crippen LogP contribution in [0.2, 0.25) is 0 Å². The Morgan fingerprint density at radius 2 is 1.60 bits per heavy atom. The number of nitrogens with zero attached hydrogens (tertiary/aromatic N) is 2. The zero-order valence-corrected chi connectivity index (χ0v) is 26.4. The Bertz CT molecular complexity index is 1490. The zero-order valence-electron chi connectivity index (χ0n) is 25.6. The first-order valence-electron chi connectivity index (χ1n) is 15.0. The highest BCUT2D eigenvalue weighted by atomic mass is 32.2. The minimum atomic E-state index is -4.11. The highest BCUT2D eigenvalue weighted by Gasteiger charge is 2.35. The van der Waals surface area contributed by atoms with E-state index in [0.29, 0.717) is 17.9 Å². The number of methoxy groups -OCH3 is 1. The Labute approximate surface area is 256 Å². The predicted octanol–water partition coefficient (Wildman–Crippen LogP) is 5.76. The van der Waals surface area contributed by atoms with Crippen LogP contribution in [0.25, 0.3) is 0 Å². The van der Waals surface area contributed by atoms with E-state index in [-0.39, 0.29) is 23.4 Å². The van der Waals surface area contributed by atoms with Crippen molar-refractivity contribution in [1.29, 1.82) is 0 Å². The van der Waals surface area contributed by atoms with E-state index in [4.69, 9.17) is 4.74 Å². The maximum atomic E-state index is 14.3. The first kappa shape index (κ1) is 32.1. The van der Waals surface area contributed by atoms with E-state index in [1.54, 1.807) is 37.4 Å². The molecule has 3 aromatic rings. The molecule has 1 saturated carbocycles. The number of carbonyl (C=O) groups excluding carboxylic acids is 2. The van der Waals surface area contributed by atoms with Crippen molar-refractivity contribution in [2.75, 3.05) is 18.0 Å². The molecular formula is C34H43N3O5S. The van der Waals surface area contributed by atoms with Crippen LogP contribution in [0, 0.1) is 13.8 Å². The van der Waals surface area contributed by atoms with Crippen LogP contribution in [-0.4, -0.2) is 50.9 Å². The summed E-state index contributed by atoms with van der Waals surface area (Å²) in [6, 6.07) is 20.2. The van der Waals surface area contributed by atoms with E-state index in [1.807, 2.05) is 51.1 Å². The molecule has 1 N–H and O–H groups in total. The van der Waals surface area contributed by atoms with Gasteiger partial charge in [-0.05, 0) is 80.1 Å². The molecule has 0 saturated heterocycles. The van der Waals surface area contributed by atoms with Gasteiger partial charge in [-0.15, -0.1) is 0 Å². The van der Waals surface area contributed by atoms with Crippen molar-refractivity contribution in [3.05, 3.63) is 89.5 Å². The number of carbonyl (C=O) groups is 2. The number of nitrogens with one attached hydrogen (secondary N) is 1. The third kappa shape index (κ3) is 7.76. The molecule has 0 radical (unpaired) electrons. The van der Waals surface area contributed by atoms with Gasteiger partial charge in [-0.1, -0.05) is 68.7 Å². The molecule has 230 valence electrons. The molecule has 3 aromatic carbocycles. The summed E-state index contributed by atoms with van der Waals surface area (Å²) in [6.45, 7) is 5.33. The van der Waals surface area contributed by atoms with Gasteiger partial charge in [0.05, 0.1) is 17.7 Å². The van der Waals surface area contributed by atoms with Crippen molar-refractivity contribution in [1.82, 2.24) is 10.2 Å². The summed E-state index contributed by atoms with van der Waals surface area (Å²) in [6.07, 6.45) is 5.52. The van der Waals surface area contributed by atoms with E-state index in [2.05, 4.69) is 5.32 Å². The minimum Gasteiger partial charge on any atom is -0.497 e.